The zero-order valence-corrected chi connectivity index (χ0v) is 37.7. The monoisotopic (exact) mass is 881 g/mol. The highest BCUT2D eigenvalue weighted by molar-refractivity contribution is 6.15. The van der Waals surface area contributed by atoms with Crippen LogP contribution in [0.1, 0.15) is 11.1 Å². The molecule has 0 spiro atoms. The summed E-state index contributed by atoms with van der Waals surface area (Å²) in [6.07, 6.45) is 1.73. The summed E-state index contributed by atoms with van der Waals surface area (Å²) in [5, 5.41) is 2.53. The second-order valence-corrected chi connectivity index (χ2v) is 17.8. The zero-order valence-electron chi connectivity index (χ0n) is 37.7. The van der Waals surface area contributed by atoms with Gasteiger partial charge in [-0.15, -0.1) is 0 Å². The van der Waals surface area contributed by atoms with E-state index in [1.165, 1.54) is 21.9 Å². The van der Waals surface area contributed by atoms with Crippen molar-refractivity contribution in [2.75, 3.05) is 0 Å². The first-order valence-corrected chi connectivity index (χ1v) is 23.6. The van der Waals surface area contributed by atoms with E-state index in [9.17, 15) is 0 Å². The average Bonchev–Trinajstić information content (AvgIpc) is 3.78. The lowest BCUT2D eigenvalue weighted by molar-refractivity contribution is 0.968. The molecule has 0 radical (unpaired) electrons. The summed E-state index contributed by atoms with van der Waals surface area (Å²) in [5.41, 5.74) is 20.2. The Hall–Kier alpha value is -9.06. The molecule has 9 aromatic carbocycles. The van der Waals surface area contributed by atoms with Gasteiger partial charge in [0.1, 0.15) is 0 Å². The summed E-state index contributed by atoms with van der Waals surface area (Å²) in [7, 11) is 0. The molecule has 69 heavy (non-hydrogen) atoms. The Morgan fingerprint density at radius 1 is 0.261 bits per heavy atom. The molecule has 0 bridgehead atoms. The van der Waals surface area contributed by atoms with Gasteiger partial charge in [-0.25, -0.2) is 19.9 Å². The third-order valence-corrected chi connectivity index (χ3v) is 13.4. The highest BCUT2D eigenvalue weighted by atomic mass is 15.0. The molecular formula is C64H43N5. The number of benzene rings is 9. The first kappa shape index (κ1) is 40.2. The summed E-state index contributed by atoms with van der Waals surface area (Å²) in [6, 6.07) is 83.7. The van der Waals surface area contributed by atoms with Crippen molar-refractivity contribution >= 4 is 21.8 Å². The smallest absolute Gasteiger partial charge is 0.160 e. The standard InChI is InChI=1S/C64H43N5/c1-7-19-42(20-8-1)50-35-51(43-21-9-2-10-22-43)37-54(36-50)69-59-38-52(63-65-55(44-23-11-3-12-24-44)40-56(66-63)45-25-13-4-14-26-45)33-48-31-32-49-34-53(39-60(69)62(49)61(48)59)64-67-57(46-27-15-5-16-28-46)41-58(68-64)47-29-17-6-18-30-47/h1-30,33-41H,31-32H2. The number of aromatic nitrogens is 5. The Bertz CT molecular complexity index is 3490. The lowest BCUT2D eigenvalue weighted by atomic mass is 9.88. The van der Waals surface area contributed by atoms with Crippen molar-refractivity contribution in [1.82, 2.24) is 24.5 Å². The Labute approximate surface area is 400 Å². The van der Waals surface area contributed by atoms with Gasteiger partial charge >= 0.3 is 0 Å². The summed E-state index contributed by atoms with van der Waals surface area (Å²) in [4.78, 5) is 21.4. The fourth-order valence-electron chi connectivity index (χ4n) is 10.1. The van der Waals surface area contributed by atoms with Crippen LogP contribution in [0.25, 0.3) is 118 Å². The third-order valence-electron chi connectivity index (χ3n) is 13.4. The van der Waals surface area contributed by atoms with Crippen LogP contribution in [0.2, 0.25) is 0 Å². The topological polar surface area (TPSA) is 56.5 Å². The normalized spacial score (nSPS) is 11.9. The molecule has 5 nitrogen and oxygen atoms in total. The molecule has 13 rings (SSSR count). The van der Waals surface area contributed by atoms with Crippen LogP contribution < -0.4 is 0 Å². The van der Waals surface area contributed by atoms with Gasteiger partial charge in [0.15, 0.2) is 11.6 Å². The second-order valence-electron chi connectivity index (χ2n) is 17.8. The van der Waals surface area contributed by atoms with Crippen molar-refractivity contribution in [2.24, 2.45) is 0 Å². The van der Waals surface area contributed by atoms with Crippen molar-refractivity contribution in [3.8, 4) is 95.7 Å². The van der Waals surface area contributed by atoms with Crippen LogP contribution in [0.5, 0.6) is 0 Å². The lowest BCUT2D eigenvalue weighted by Gasteiger charge is -2.16. The Morgan fingerprint density at radius 2 is 0.565 bits per heavy atom. The van der Waals surface area contributed by atoms with Crippen molar-refractivity contribution in [3.05, 3.63) is 248 Å². The molecule has 1 aliphatic carbocycles. The molecule has 0 fully saturated rings. The largest absolute Gasteiger partial charge is 0.309 e. The van der Waals surface area contributed by atoms with E-state index in [1.54, 1.807) is 0 Å². The minimum Gasteiger partial charge on any atom is -0.309 e. The van der Waals surface area contributed by atoms with Crippen LogP contribution in [-0.2, 0) is 12.8 Å². The van der Waals surface area contributed by atoms with Crippen LogP contribution in [0.4, 0.5) is 0 Å². The SMILES string of the molecule is c1ccc(-c2cc(-c3ccccc3)cc(-n3c4cc(-c5nc(-c6ccccc6)cc(-c6ccccc6)n5)cc5c4c4c(cc(-c6nc(-c7ccccc7)cc(-c7ccccc7)n6)cc43)CC5)c2)cc1. The quantitative estimate of drug-likeness (QED) is 0.145. The van der Waals surface area contributed by atoms with Crippen LogP contribution in [0, 0.1) is 0 Å². The van der Waals surface area contributed by atoms with Gasteiger partial charge < -0.3 is 4.57 Å². The van der Waals surface area contributed by atoms with Crippen LogP contribution in [-0.4, -0.2) is 24.5 Å². The van der Waals surface area contributed by atoms with Gasteiger partial charge in [0.05, 0.1) is 33.8 Å². The molecule has 0 atom stereocenters. The average molecular weight is 882 g/mol. The maximum absolute atomic E-state index is 5.34. The second kappa shape index (κ2) is 17.0. The molecule has 0 saturated carbocycles. The van der Waals surface area contributed by atoms with Gasteiger partial charge in [0.25, 0.3) is 0 Å². The highest BCUT2D eigenvalue weighted by Crippen LogP contribution is 2.45. The predicted octanol–water partition coefficient (Wildman–Crippen LogP) is 15.8. The fraction of sp³-hybridized carbons (Fsp3) is 0.0312. The molecule has 0 N–H and O–H groups in total. The fourth-order valence-corrected chi connectivity index (χ4v) is 10.1. The van der Waals surface area contributed by atoms with E-state index in [0.717, 1.165) is 108 Å². The molecule has 3 aromatic heterocycles. The first-order valence-electron chi connectivity index (χ1n) is 23.6. The van der Waals surface area contributed by atoms with Crippen molar-refractivity contribution < 1.29 is 0 Å². The number of nitrogens with zero attached hydrogens (tertiary/aromatic N) is 5. The molecule has 3 heterocycles. The minimum absolute atomic E-state index is 0.694. The molecule has 1 aliphatic rings. The van der Waals surface area contributed by atoms with E-state index >= 15 is 0 Å². The molecule has 324 valence electrons. The van der Waals surface area contributed by atoms with Crippen molar-refractivity contribution in [3.63, 3.8) is 0 Å². The molecule has 0 unspecified atom stereocenters. The van der Waals surface area contributed by atoms with Gasteiger partial charge in [-0.2, -0.15) is 0 Å². The molecule has 0 aliphatic heterocycles. The number of hydrogen-bond acceptors (Lipinski definition) is 4. The van der Waals surface area contributed by atoms with Gasteiger partial charge in [-0.3, -0.25) is 0 Å². The third kappa shape index (κ3) is 7.47. The molecule has 5 heteroatoms. The lowest BCUT2D eigenvalue weighted by Crippen LogP contribution is -2.02. The summed E-state index contributed by atoms with van der Waals surface area (Å²) in [6.45, 7) is 0. The zero-order chi connectivity index (χ0) is 45.7. The van der Waals surface area contributed by atoms with Gasteiger partial charge in [0, 0.05) is 49.8 Å². The maximum Gasteiger partial charge on any atom is 0.160 e. The summed E-state index contributed by atoms with van der Waals surface area (Å²) < 4.78 is 2.48. The Morgan fingerprint density at radius 3 is 0.884 bits per heavy atom. The van der Waals surface area contributed by atoms with Crippen LogP contribution >= 0.6 is 0 Å². The summed E-state index contributed by atoms with van der Waals surface area (Å²) >= 11 is 0. The number of rotatable bonds is 9. The molecule has 12 aromatic rings. The summed E-state index contributed by atoms with van der Waals surface area (Å²) in [5.74, 6) is 1.39. The van der Waals surface area contributed by atoms with E-state index in [0.29, 0.717) is 11.6 Å². The van der Waals surface area contributed by atoms with Crippen molar-refractivity contribution in [2.45, 2.75) is 12.8 Å². The Balaban J connectivity index is 1.11. The maximum atomic E-state index is 5.34. The van der Waals surface area contributed by atoms with E-state index in [4.69, 9.17) is 19.9 Å². The van der Waals surface area contributed by atoms with Gasteiger partial charge in [-0.05, 0) is 101 Å². The minimum atomic E-state index is 0.694. The predicted molar refractivity (Wildman–Crippen MR) is 283 cm³/mol. The van der Waals surface area contributed by atoms with Crippen LogP contribution in [0.15, 0.2) is 237 Å². The number of hydrogen-bond donors (Lipinski definition) is 0. The van der Waals surface area contributed by atoms with Gasteiger partial charge in [0.2, 0.25) is 0 Å². The van der Waals surface area contributed by atoms with E-state index < -0.39 is 0 Å². The van der Waals surface area contributed by atoms with Crippen LogP contribution in [0.3, 0.4) is 0 Å². The number of aryl methyl sites for hydroxylation is 2. The first-order chi connectivity index (χ1) is 34.2. The van der Waals surface area contributed by atoms with E-state index in [1.807, 2.05) is 24.3 Å². The van der Waals surface area contributed by atoms with Crippen molar-refractivity contribution in [1.29, 1.82) is 0 Å². The Kier molecular flexibility index (Phi) is 9.90. The molecule has 0 amide bonds. The van der Waals surface area contributed by atoms with E-state index in [2.05, 4.69) is 217 Å². The van der Waals surface area contributed by atoms with E-state index in [-0.39, 0.29) is 0 Å². The highest BCUT2D eigenvalue weighted by Gasteiger charge is 2.26. The molecule has 0 saturated heterocycles. The molecular weight excluding hydrogens is 839 g/mol. The van der Waals surface area contributed by atoms with Gasteiger partial charge in [-0.1, -0.05) is 182 Å².